The van der Waals surface area contributed by atoms with E-state index >= 15 is 0 Å². The summed E-state index contributed by atoms with van der Waals surface area (Å²) < 4.78 is 116. The van der Waals surface area contributed by atoms with E-state index in [0.717, 1.165) is 18.2 Å². The highest BCUT2D eigenvalue weighted by Gasteiger charge is 2.38. The summed E-state index contributed by atoms with van der Waals surface area (Å²) in [5, 5.41) is 0. The third-order valence-electron chi connectivity index (χ3n) is 5.45. The maximum absolute atomic E-state index is 13.6. The van der Waals surface area contributed by atoms with Crippen LogP contribution in [0.15, 0.2) is 29.3 Å². The summed E-state index contributed by atoms with van der Waals surface area (Å²) in [6.07, 6.45) is -8.98. The zero-order chi connectivity index (χ0) is 25.9. The highest BCUT2D eigenvalue weighted by molar-refractivity contribution is 7.92. The Hall–Kier alpha value is -3.23. The van der Waals surface area contributed by atoms with Gasteiger partial charge in [0.2, 0.25) is 5.82 Å². The summed E-state index contributed by atoms with van der Waals surface area (Å²) in [6.45, 7) is -0.366. The van der Waals surface area contributed by atoms with E-state index in [1.165, 1.54) is 18.5 Å². The Morgan fingerprint density at radius 2 is 1.71 bits per heavy atom. The molecule has 0 aliphatic heterocycles. The molecule has 35 heavy (non-hydrogen) atoms. The number of benzene rings is 1. The van der Waals surface area contributed by atoms with Crippen molar-refractivity contribution in [1.29, 1.82) is 4.78 Å². The molecular weight excluding hydrogens is 505 g/mol. The van der Waals surface area contributed by atoms with Gasteiger partial charge >= 0.3 is 12.4 Å². The van der Waals surface area contributed by atoms with Crippen molar-refractivity contribution < 1.29 is 34.9 Å². The molecule has 1 unspecified atom stereocenters. The van der Waals surface area contributed by atoms with Crippen molar-refractivity contribution in [3.63, 3.8) is 0 Å². The first-order valence-corrected chi connectivity index (χ1v) is 11.8. The molecule has 0 fully saturated rings. The summed E-state index contributed by atoms with van der Waals surface area (Å²) in [6, 6.07) is 2.97. The summed E-state index contributed by atoms with van der Waals surface area (Å²) >= 11 is 0. The number of halogens is 7. The second-order valence-corrected chi connectivity index (χ2v) is 10.0. The van der Waals surface area contributed by atoms with Crippen LogP contribution in [0, 0.1) is 4.78 Å². The highest BCUT2D eigenvalue weighted by Crippen LogP contribution is 2.38. The Labute approximate surface area is 193 Å². The number of hydrogen-bond acceptors (Lipinski definition) is 5. The summed E-state index contributed by atoms with van der Waals surface area (Å²) in [5.74, 6) is -1.65. The van der Waals surface area contributed by atoms with E-state index in [1.807, 2.05) is 0 Å². The minimum absolute atomic E-state index is 0.0333. The minimum Gasteiger partial charge on any atom is -0.318 e. The molecule has 4 aromatic rings. The lowest BCUT2D eigenvalue weighted by atomic mass is 10.2. The fourth-order valence-electron chi connectivity index (χ4n) is 3.75. The Morgan fingerprint density at radius 1 is 1.03 bits per heavy atom. The smallest absolute Gasteiger partial charge is 0.318 e. The number of imidazole rings is 2. The molecule has 1 atom stereocenters. The lowest BCUT2D eigenvalue weighted by molar-refractivity contribution is -0.147. The summed E-state index contributed by atoms with van der Waals surface area (Å²) in [5.41, 5.74) is -1.64. The van der Waals surface area contributed by atoms with Gasteiger partial charge in [0.05, 0.1) is 37.8 Å². The zero-order valence-electron chi connectivity index (χ0n) is 18.1. The zero-order valence-corrected chi connectivity index (χ0v) is 18.9. The van der Waals surface area contributed by atoms with Crippen molar-refractivity contribution in [1.82, 2.24) is 24.1 Å². The fraction of sp³-hybridized carbons (Fsp3) is 0.350. The first kappa shape index (κ1) is 24.9. The molecule has 0 amide bonds. The fourth-order valence-corrected chi connectivity index (χ4v) is 4.87. The van der Waals surface area contributed by atoms with Crippen LogP contribution >= 0.6 is 0 Å². The molecule has 0 aliphatic carbocycles. The second kappa shape index (κ2) is 8.17. The third-order valence-corrected chi connectivity index (χ3v) is 7.31. The Balaban J connectivity index is 2.07. The van der Waals surface area contributed by atoms with Gasteiger partial charge in [0, 0.05) is 24.6 Å². The van der Waals surface area contributed by atoms with Gasteiger partial charge in [-0.15, -0.1) is 0 Å². The molecule has 4 rings (SSSR count). The van der Waals surface area contributed by atoms with Crippen molar-refractivity contribution in [2.75, 3.05) is 12.4 Å². The van der Waals surface area contributed by atoms with Gasteiger partial charge in [-0.1, -0.05) is 6.92 Å². The maximum atomic E-state index is 13.6. The number of pyridine rings is 1. The van der Waals surface area contributed by atoms with Gasteiger partial charge in [0.1, 0.15) is 18.0 Å². The molecule has 0 bridgehead atoms. The Kier molecular flexibility index (Phi) is 5.81. The van der Waals surface area contributed by atoms with Gasteiger partial charge in [0.25, 0.3) is 0 Å². The molecule has 3 heterocycles. The molecule has 0 saturated heterocycles. The number of nitrogens with one attached hydrogen (secondary N) is 1. The van der Waals surface area contributed by atoms with Crippen molar-refractivity contribution >= 4 is 31.9 Å². The van der Waals surface area contributed by atoms with E-state index in [2.05, 4.69) is 15.0 Å². The van der Waals surface area contributed by atoms with Crippen LogP contribution in [-0.2, 0) is 35.7 Å². The van der Waals surface area contributed by atoms with Gasteiger partial charge in [-0.2, -0.15) is 26.3 Å². The number of aromatic nitrogens is 5. The summed E-state index contributed by atoms with van der Waals surface area (Å²) in [4.78, 5) is 11.3. The van der Waals surface area contributed by atoms with E-state index in [1.54, 1.807) is 0 Å². The highest BCUT2D eigenvalue weighted by atomic mass is 32.2. The van der Waals surface area contributed by atoms with Crippen LogP contribution in [0.2, 0.25) is 0 Å². The first-order valence-electron chi connectivity index (χ1n) is 10.0. The van der Waals surface area contributed by atoms with Crippen LogP contribution < -0.4 is 0 Å². The van der Waals surface area contributed by atoms with Crippen LogP contribution in [0.25, 0.3) is 33.6 Å². The third kappa shape index (κ3) is 4.21. The monoisotopic (exact) mass is 522 g/mol. The van der Waals surface area contributed by atoms with Gasteiger partial charge in [-0.05, 0) is 18.2 Å². The first-order chi connectivity index (χ1) is 16.2. The van der Waals surface area contributed by atoms with Gasteiger partial charge in [-0.3, -0.25) is 0 Å². The molecule has 188 valence electrons. The van der Waals surface area contributed by atoms with Crippen LogP contribution in [0.4, 0.5) is 30.7 Å². The molecule has 0 spiro atoms. The van der Waals surface area contributed by atoms with Crippen molar-refractivity contribution in [2.45, 2.75) is 30.7 Å². The molecule has 0 saturated carbocycles. The number of hydrogen-bond donors (Lipinski definition) is 1. The van der Waals surface area contributed by atoms with Crippen LogP contribution in [0.5, 0.6) is 0 Å². The SMILES string of the molecule is CCS(=N)(=O)c1cc2c(cc1-c1nc3cc(C(F)(F)F)cnc3n1C)nc(C(F)(F)F)n2CCF. The number of fused-ring (bicyclic) bond motifs is 2. The maximum Gasteiger partial charge on any atom is 0.449 e. The average molecular weight is 522 g/mol. The molecule has 0 radical (unpaired) electrons. The van der Waals surface area contributed by atoms with E-state index in [-0.39, 0.29) is 44.2 Å². The van der Waals surface area contributed by atoms with Crippen LogP contribution in [0.3, 0.4) is 0 Å². The number of rotatable bonds is 5. The van der Waals surface area contributed by atoms with E-state index in [9.17, 15) is 34.9 Å². The molecule has 3 aromatic heterocycles. The van der Waals surface area contributed by atoms with Gasteiger partial charge in [0.15, 0.2) is 5.65 Å². The van der Waals surface area contributed by atoms with Crippen molar-refractivity contribution in [3.05, 3.63) is 35.8 Å². The van der Waals surface area contributed by atoms with E-state index in [0.29, 0.717) is 10.8 Å². The molecule has 7 nitrogen and oxygen atoms in total. The molecule has 1 aromatic carbocycles. The standard InChI is InChI=1S/C20H17F7N6OS/c1-3-35(28,34)15-8-14-12(31-18(20(25,26)27)33(14)5-4-21)7-11(15)16-30-13-6-10(19(22,23)24)9-29-17(13)32(16)2/h6-9,28H,3-5H2,1-2H3. The summed E-state index contributed by atoms with van der Waals surface area (Å²) in [7, 11) is -2.17. The molecule has 1 N–H and O–H groups in total. The number of nitrogens with zero attached hydrogens (tertiary/aromatic N) is 5. The topological polar surface area (TPSA) is 89.4 Å². The van der Waals surface area contributed by atoms with Crippen molar-refractivity contribution in [3.8, 4) is 11.4 Å². The second-order valence-electron chi connectivity index (χ2n) is 7.63. The predicted molar refractivity (Wildman–Crippen MR) is 113 cm³/mol. The van der Waals surface area contributed by atoms with Gasteiger partial charge < -0.3 is 9.13 Å². The Morgan fingerprint density at radius 3 is 2.29 bits per heavy atom. The Bertz CT molecular complexity index is 1550. The van der Waals surface area contributed by atoms with Crippen molar-refractivity contribution in [2.24, 2.45) is 7.05 Å². The normalized spacial score (nSPS) is 14.7. The lowest BCUT2D eigenvalue weighted by Crippen LogP contribution is -2.16. The quantitative estimate of drug-likeness (QED) is 0.355. The largest absolute Gasteiger partial charge is 0.449 e. The van der Waals surface area contributed by atoms with E-state index in [4.69, 9.17) is 4.78 Å². The number of aryl methyl sites for hydroxylation is 2. The minimum atomic E-state index is -4.92. The molecule has 0 aliphatic rings. The predicted octanol–water partition coefficient (Wildman–Crippen LogP) is 5.42. The molecule has 15 heteroatoms. The van der Waals surface area contributed by atoms with Gasteiger partial charge in [-0.25, -0.2) is 28.3 Å². The lowest BCUT2D eigenvalue weighted by Gasteiger charge is -2.13. The van der Waals surface area contributed by atoms with Crippen LogP contribution in [0.1, 0.15) is 18.3 Å². The number of alkyl halides is 7. The van der Waals surface area contributed by atoms with E-state index < -0.39 is 46.7 Å². The average Bonchev–Trinajstić information content (AvgIpc) is 3.30. The van der Waals surface area contributed by atoms with Crippen LogP contribution in [-0.4, -0.2) is 40.7 Å². The molecular formula is C20H17F7N6OS.